The quantitative estimate of drug-likeness (QED) is 0.365. The molecule has 1 aliphatic heterocycles. The summed E-state index contributed by atoms with van der Waals surface area (Å²) in [6, 6.07) is 6.72. The molecule has 1 aromatic heterocycles. The highest BCUT2D eigenvalue weighted by atomic mass is 35.5. The largest absolute Gasteiger partial charge is 0.489 e. The highest BCUT2D eigenvalue weighted by molar-refractivity contribution is 6.30. The fourth-order valence-electron chi connectivity index (χ4n) is 4.16. The zero-order valence-electron chi connectivity index (χ0n) is 19.3. The number of pyridine rings is 1. The van der Waals surface area contributed by atoms with Gasteiger partial charge < -0.3 is 19.2 Å². The number of aromatic nitrogens is 1. The maximum atomic E-state index is 14.9. The molecular formula is C25H30ClFN2O4. The third kappa shape index (κ3) is 5.64. The maximum absolute atomic E-state index is 14.9. The molecular weight excluding hydrogens is 447 g/mol. The van der Waals surface area contributed by atoms with Gasteiger partial charge >= 0.3 is 5.97 Å². The number of hydrogen-bond donors (Lipinski definition) is 0. The van der Waals surface area contributed by atoms with Crippen molar-refractivity contribution in [1.82, 2.24) is 4.98 Å². The molecule has 2 unspecified atom stereocenters. The predicted octanol–water partition coefficient (Wildman–Crippen LogP) is 5.21. The van der Waals surface area contributed by atoms with E-state index in [0.717, 1.165) is 24.7 Å². The molecule has 1 aromatic carbocycles. The number of halogens is 2. The normalized spacial score (nSPS) is 16.4. The van der Waals surface area contributed by atoms with Crippen molar-refractivity contribution in [2.45, 2.75) is 45.4 Å². The second kappa shape index (κ2) is 11.5. The molecule has 0 N–H and O–H groups in total. The smallest absolute Gasteiger partial charge is 0.356 e. The summed E-state index contributed by atoms with van der Waals surface area (Å²) in [5, 5.41) is 0.109. The highest BCUT2D eigenvalue weighted by Gasteiger charge is 2.29. The topological polar surface area (TPSA) is 68.7 Å². The summed E-state index contributed by atoms with van der Waals surface area (Å²) < 4.78 is 25.8. The summed E-state index contributed by atoms with van der Waals surface area (Å²) in [6.45, 7) is 5.34. The monoisotopic (exact) mass is 476 g/mol. The van der Waals surface area contributed by atoms with Crippen LogP contribution in [0.15, 0.2) is 24.3 Å². The summed E-state index contributed by atoms with van der Waals surface area (Å²) in [6.07, 6.45) is 3.69. The van der Waals surface area contributed by atoms with E-state index in [9.17, 15) is 14.0 Å². The van der Waals surface area contributed by atoms with Crippen LogP contribution in [-0.4, -0.2) is 44.0 Å². The SMILES string of the molecule is CCCc1c(C2COc3ccc(C(=O)OC)nc3N(CCC(C=O)CC)C2)ccc(Cl)c1F. The lowest BCUT2D eigenvalue weighted by molar-refractivity contribution is -0.111. The summed E-state index contributed by atoms with van der Waals surface area (Å²) in [4.78, 5) is 30.0. The number of carbonyl (C=O) groups is 2. The summed E-state index contributed by atoms with van der Waals surface area (Å²) >= 11 is 6.07. The fourth-order valence-corrected chi connectivity index (χ4v) is 4.34. The zero-order chi connectivity index (χ0) is 24.0. The van der Waals surface area contributed by atoms with Gasteiger partial charge in [-0.25, -0.2) is 14.2 Å². The molecule has 1 aliphatic rings. The van der Waals surface area contributed by atoms with Crippen LogP contribution in [-0.2, 0) is 16.0 Å². The number of hydrogen-bond acceptors (Lipinski definition) is 6. The molecule has 0 radical (unpaired) electrons. The number of methoxy groups -OCH3 is 1. The predicted molar refractivity (Wildman–Crippen MR) is 126 cm³/mol. The standard InChI is InChI=1S/C25H30ClFN2O4/c1-4-6-19-18(7-8-20(26)23(19)27)17-13-29(12-11-16(5-2)14-30)24-22(33-15-17)10-9-21(28-24)25(31)32-3/h7-10,14,16-17H,4-6,11-13,15H2,1-3H3. The van der Waals surface area contributed by atoms with Crippen LogP contribution in [0.2, 0.25) is 5.02 Å². The van der Waals surface area contributed by atoms with Gasteiger partial charge in [0.25, 0.3) is 0 Å². The minimum Gasteiger partial charge on any atom is -0.489 e. The second-order valence-corrected chi connectivity index (χ2v) is 8.64. The molecule has 33 heavy (non-hydrogen) atoms. The maximum Gasteiger partial charge on any atom is 0.356 e. The van der Waals surface area contributed by atoms with Crippen LogP contribution in [0.4, 0.5) is 10.2 Å². The molecule has 8 heteroatoms. The Morgan fingerprint density at radius 1 is 1.36 bits per heavy atom. The number of anilines is 1. The number of benzene rings is 1. The summed E-state index contributed by atoms with van der Waals surface area (Å²) in [5.41, 5.74) is 1.63. The third-order valence-corrected chi connectivity index (χ3v) is 6.36. The minimum absolute atomic E-state index is 0.0801. The third-order valence-electron chi connectivity index (χ3n) is 6.07. The molecule has 178 valence electrons. The van der Waals surface area contributed by atoms with Crippen LogP contribution in [0.3, 0.4) is 0 Å². The molecule has 2 atom stereocenters. The Kier molecular flexibility index (Phi) is 8.67. The van der Waals surface area contributed by atoms with Crippen molar-refractivity contribution in [3.8, 4) is 5.75 Å². The van der Waals surface area contributed by atoms with Gasteiger partial charge in [-0.05, 0) is 48.6 Å². The molecule has 0 bridgehead atoms. The number of fused-ring (bicyclic) bond motifs is 1. The van der Waals surface area contributed by atoms with Gasteiger partial charge in [-0.1, -0.05) is 37.9 Å². The summed E-state index contributed by atoms with van der Waals surface area (Å²) in [5.74, 6) is -0.0948. The first-order valence-corrected chi connectivity index (χ1v) is 11.7. The molecule has 0 saturated heterocycles. The molecule has 3 rings (SSSR count). The molecule has 0 aliphatic carbocycles. The van der Waals surface area contributed by atoms with E-state index in [1.54, 1.807) is 18.2 Å². The molecule has 2 aromatic rings. The van der Waals surface area contributed by atoms with E-state index in [2.05, 4.69) is 4.98 Å². The van der Waals surface area contributed by atoms with Crippen LogP contribution in [0, 0.1) is 11.7 Å². The van der Waals surface area contributed by atoms with Crippen molar-refractivity contribution in [1.29, 1.82) is 0 Å². The van der Waals surface area contributed by atoms with Crippen molar-refractivity contribution >= 4 is 29.7 Å². The van der Waals surface area contributed by atoms with Gasteiger partial charge in [-0.2, -0.15) is 0 Å². The Bertz CT molecular complexity index is 1000. The molecule has 6 nitrogen and oxygen atoms in total. The average Bonchev–Trinajstić information content (AvgIpc) is 3.01. The molecule has 0 saturated carbocycles. The number of nitrogens with zero attached hydrogens (tertiary/aromatic N) is 2. The van der Waals surface area contributed by atoms with E-state index in [0.29, 0.717) is 49.7 Å². The van der Waals surface area contributed by atoms with Crippen molar-refractivity contribution in [2.75, 3.05) is 31.7 Å². The van der Waals surface area contributed by atoms with Gasteiger partial charge in [0.1, 0.15) is 12.1 Å². The average molecular weight is 477 g/mol. The molecule has 0 spiro atoms. The Morgan fingerprint density at radius 2 is 2.15 bits per heavy atom. The highest BCUT2D eigenvalue weighted by Crippen LogP contribution is 2.36. The van der Waals surface area contributed by atoms with Crippen molar-refractivity contribution in [3.05, 3.63) is 51.9 Å². The molecule has 0 fully saturated rings. The van der Waals surface area contributed by atoms with Gasteiger partial charge in [-0.15, -0.1) is 0 Å². The number of carbonyl (C=O) groups excluding carboxylic acids is 2. The Labute approximate surface area is 199 Å². The first-order valence-electron chi connectivity index (χ1n) is 11.3. The Morgan fingerprint density at radius 3 is 2.82 bits per heavy atom. The second-order valence-electron chi connectivity index (χ2n) is 8.24. The van der Waals surface area contributed by atoms with Gasteiger partial charge in [0.05, 0.1) is 18.7 Å². The number of esters is 1. The number of ether oxygens (including phenoxy) is 2. The lowest BCUT2D eigenvalue weighted by atomic mass is 9.91. The number of aldehydes is 1. The van der Waals surface area contributed by atoms with Gasteiger partial charge in [0.15, 0.2) is 17.3 Å². The van der Waals surface area contributed by atoms with E-state index >= 15 is 0 Å². The first-order chi connectivity index (χ1) is 15.9. The van der Waals surface area contributed by atoms with Crippen molar-refractivity contribution in [2.24, 2.45) is 5.92 Å². The van der Waals surface area contributed by atoms with E-state index in [4.69, 9.17) is 21.1 Å². The van der Waals surface area contributed by atoms with E-state index in [1.807, 2.05) is 24.8 Å². The minimum atomic E-state index is -0.539. The van der Waals surface area contributed by atoms with Gasteiger partial charge in [0, 0.05) is 24.9 Å². The lowest BCUT2D eigenvalue weighted by Gasteiger charge is -2.27. The van der Waals surface area contributed by atoms with Crippen molar-refractivity contribution < 1.29 is 23.5 Å². The lowest BCUT2D eigenvalue weighted by Crippen LogP contribution is -2.32. The van der Waals surface area contributed by atoms with Gasteiger partial charge in [0.2, 0.25) is 0 Å². The van der Waals surface area contributed by atoms with Crippen LogP contribution < -0.4 is 9.64 Å². The van der Waals surface area contributed by atoms with E-state index < -0.39 is 5.97 Å². The Balaban J connectivity index is 2.01. The van der Waals surface area contributed by atoms with E-state index in [-0.39, 0.29) is 28.4 Å². The van der Waals surface area contributed by atoms with Crippen LogP contribution in [0.1, 0.15) is 60.6 Å². The van der Waals surface area contributed by atoms with Crippen LogP contribution >= 0.6 is 11.6 Å². The van der Waals surface area contributed by atoms with Gasteiger partial charge in [-0.3, -0.25) is 0 Å². The fraction of sp³-hybridized carbons (Fsp3) is 0.480. The first kappa shape index (κ1) is 25.0. The zero-order valence-corrected chi connectivity index (χ0v) is 20.0. The summed E-state index contributed by atoms with van der Waals surface area (Å²) in [7, 11) is 1.31. The van der Waals surface area contributed by atoms with Crippen molar-refractivity contribution in [3.63, 3.8) is 0 Å². The molecule has 0 amide bonds. The molecule has 2 heterocycles. The van der Waals surface area contributed by atoms with Crippen LogP contribution in [0.25, 0.3) is 0 Å². The van der Waals surface area contributed by atoms with E-state index in [1.165, 1.54) is 7.11 Å². The number of rotatable bonds is 9. The van der Waals surface area contributed by atoms with Crippen LogP contribution in [0.5, 0.6) is 5.75 Å². The Hall–Kier alpha value is -2.67.